The highest BCUT2D eigenvalue weighted by atomic mass is 32.2. The minimum absolute atomic E-state index is 0.242. The van der Waals surface area contributed by atoms with Crippen LogP contribution in [0.5, 0.6) is 0 Å². The number of hydrogen-bond donors (Lipinski definition) is 1. The molecular formula is C13H21FN2O2S. The molecular weight excluding hydrogens is 267 g/mol. The lowest BCUT2D eigenvalue weighted by Gasteiger charge is -2.21. The molecule has 2 N–H and O–H groups in total. The van der Waals surface area contributed by atoms with Gasteiger partial charge in [0.1, 0.15) is 10.7 Å². The van der Waals surface area contributed by atoms with E-state index in [9.17, 15) is 12.8 Å². The van der Waals surface area contributed by atoms with Crippen molar-refractivity contribution in [2.45, 2.75) is 38.5 Å². The Morgan fingerprint density at radius 2 is 1.74 bits per heavy atom. The summed E-state index contributed by atoms with van der Waals surface area (Å²) in [6.07, 6.45) is 1.37. The predicted octanol–water partition coefficient (Wildman–Crippen LogP) is 2.53. The van der Waals surface area contributed by atoms with Crippen molar-refractivity contribution in [1.29, 1.82) is 0 Å². The molecule has 108 valence electrons. The molecule has 0 spiro atoms. The van der Waals surface area contributed by atoms with Gasteiger partial charge < -0.3 is 5.73 Å². The van der Waals surface area contributed by atoms with Crippen LogP contribution < -0.4 is 5.73 Å². The third kappa shape index (κ3) is 3.45. The fourth-order valence-electron chi connectivity index (χ4n) is 1.94. The maximum absolute atomic E-state index is 14.1. The topological polar surface area (TPSA) is 63.4 Å². The maximum atomic E-state index is 14.1. The van der Waals surface area contributed by atoms with E-state index < -0.39 is 15.8 Å². The van der Waals surface area contributed by atoms with Gasteiger partial charge in [-0.25, -0.2) is 12.8 Å². The molecule has 1 aromatic carbocycles. The van der Waals surface area contributed by atoms with E-state index in [-0.39, 0.29) is 16.1 Å². The summed E-state index contributed by atoms with van der Waals surface area (Å²) in [5, 5.41) is 0. The predicted molar refractivity (Wildman–Crippen MR) is 74.9 cm³/mol. The highest BCUT2D eigenvalue weighted by molar-refractivity contribution is 7.89. The van der Waals surface area contributed by atoms with Gasteiger partial charge in [-0.05, 0) is 37.5 Å². The van der Waals surface area contributed by atoms with E-state index in [0.717, 1.165) is 0 Å². The van der Waals surface area contributed by atoms with Crippen molar-refractivity contribution < 1.29 is 12.8 Å². The molecule has 1 aromatic rings. The Morgan fingerprint density at radius 3 is 2.21 bits per heavy atom. The van der Waals surface area contributed by atoms with Crippen LogP contribution in [0.3, 0.4) is 0 Å². The van der Waals surface area contributed by atoms with E-state index in [1.807, 2.05) is 13.8 Å². The molecule has 0 fully saturated rings. The molecule has 4 nitrogen and oxygen atoms in total. The third-order valence-corrected chi connectivity index (χ3v) is 4.71. The summed E-state index contributed by atoms with van der Waals surface area (Å²) < 4.78 is 40.3. The lowest BCUT2D eigenvalue weighted by molar-refractivity contribution is 0.406. The molecule has 1 rings (SSSR count). The van der Waals surface area contributed by atoms with Gasteiger partial charge >= 0.3 is 0 Å². The molecule has 0 radical (unpaired) electrons. The van der Waals surface area contributed by atoms with Gasteiger partial charge in [0.25, 0.3) is 0 Å². The number of nitrogens with two attached hydrogens (primary N) is 1. The van der Waals surface area contributed by atoms with Gasteiger partial charge in [-0.3, -0.25) is 0 Å². The van der Waals surface area contributed by atoms with E-state index in [4.69, 9.17) is 5.73 Å². The summed E-state index contributed by atoms with van der Waals surface area (Å²) >= 11 is 0. The Morgan fingerprint density at radius 1 is 1.21 bits per heavy atom. The van der Waals surface area contributed by atoms with Crippen LogP contribution >= 0.6 is 0 Å². The summed E-state index contributed by atoms with van der Waals surface area (Å²) in [5.74, 6) is -0.716. The molecule has 0 bridgehead atoms. The van der Waals surface area contributed by atoms with E-state index in [1.165, 1.54) is 23.4 Å². The van der Waals surface area contributed by atoms with Gasteiger partial charge in [0.2, 0.25) is 10.0 Å². The molecule has 0 aliphatic carbocycles. The van der Waals surface area contributed by atoms with Crippen LogP contribution in [0.4, 0.5) is 10.1 Å². The second kappa shape index (κ2) is 6.34. The normalized spacial score (nSPS) is 12.1. The number of sulfonamides is 1. The van der Waals surface area contributed by atoms with Crippen LogP contribution in [0.2, 0.25) is 0 Å². The average molecular weight is 288 g/mol. The fourth-order valence-corrected chi connectivity index (χ4v) is 3.74. The van der Waals surface area contributed by atoms with Crippen molar-refractivity contribution in [3.8, 4) is 0 Å². The van der Waals surface area contributed by atoms with Crippen LogP contribution in [0, 0.1) is 12.7 Å². The Bertz CT molecular complexity index is 538. The molecule has 0 aliphatic heterocycles. The quantitative estimate of drug-likeness (QED) is 0.818. The first-order valence-electron chi connectivity index (χ1n) is 6.40. The summed E-state index contributed by atoms with van der Waals surface area (Å²) in [6, 6.07) is 2.62. The first-order chi connectivity index (χ1) is 8.84. The molecule has 0 saturated carbocycles. The van der Waals surface area contributed by atoms with E-state index in [1.54, 1.807) is 0 Å². The molecule has 0 amide bonds. The number of benzene rings is 1. The van der Waals surface area contributed by atoms with Gasteiger partial charge in [0.15, 0.2) is 0 Å². The molecule has 0 aromatic heterocycles. The zero-order chi connectivity index (χ0) is 14.6. The minimum Gasteiger partial charge on any atom is -0.399 e. The number of aryl methyl sites for hydroxylation is 1. The molecule has 0 heterocycles. The van der Waals surface area contributed by atoms with Crippen molar-refractivity contribution >= 4 is 15.7 Å². The van der Waals surface area contributed by atoms with Gasteiger partial charge in [-0.15, -0.1) is 0 Å². The van der Waals surface area contributed by atoms with Crippen molar-refractivity contribution in [3.63, 3.8) is 0 Å². The summed E-state index contributed by atoms with van der Waals surface area (Å²) in [5.41, 5.74) is 6.12. The molecule has 0 saturated heterocycles. The smallest absolute Gasteiger partial charge is 0.246 e. The number of nitrogen functional groups attached to an aromatic ring is 1. The Kier molecular flexibility index (Phi) is 5.31. The highest BCUT2D eigenvalue weighted by Gasteiger charge is 2.27. The standard InChI is InChI=1S/C13H21FN2O2S/c1-4-6-16(7-5-2)19(17,18)12-9-11(15)8-10(3)13(12)14/h8-9H,4-7,15H2,1-3H3. The van der Waals surface area contributed by atoms with Crippen LogP contribution in [-0.4, -0.2) is 25.8 Å². The zero-order valence-corrected chi connectivity index (χ0v) is 12.4. The van der Waals surface area contributed by atoms with Crippen LogP contribution in [-0.2, 0) is 10.0 Å². The van der Waals surface area contributed by atoms with Crippen molar-refractivity contribution in [2.75, 3.05) is 18.8 Å². The number of anilines is 1. The first-order valence-corrected chi connectivity index (χ1v) is 7.84. The summed E-state index contributed by atoms with van der Waals surface area (Å²) in [6.45, 7) is 6.04. The van der Waals surface area contributed by atoms with Crippen LogP contribution in [0.1, 0.15) is 32.3 Å². The second-order valence-corrected chi connectivity index (χ2v) is 6.46. The zero-order valence-electron chi connectivity index (χ0n) is 11.6. The number of nitrogens with zero attached hydrogens (tertiary/aromatic N) is 1. The van der Waals surface area contributed by atoms with Gasteiger partial charge in [-0.2, -0.15) is 4.31 Å². The van der Waals surface area contributed by atoms with Gasteiger partial charge in [-0.1, -0.05) is 13.8 Å². The van der Waals surface area contributed by atoms with Crippen molar-refractivity contribution in [2.24, 2.45) is 0 Å². The molecule has 0 aliphatic rings. The lowest BCUT2D eigenvalue weighted by Crippen LogP contribution is -2.33. The lowest BCUT2D eigenvalue weighted by atomic mass is 10.2. The number of halogens is 1. The average Bonchev–Trinajstić information content (AvgIpc) is 2.33. The summed E-state index contributed by atoms with van der Waals surface area (Å²) in [7, 11) is -3.82. The van der Waals surface area contributed by atoms with Crippen LogP contribution in [0.15, 0.2) is 17.0 Å². The van der Waals surface area contributed by atoms with Gasteiger partial charge in [0.05, 0.1) is 0 Å². The molecule has 6 heteroatoms. The van der Waals surface area contributed by atoms with Crippen molar-refractivity contribution in [1.82, 2.24) is 4.31 Å². The summed E-state index contributed by atoms with van der Waals surface area (Å²) in [4.78, 5) is -0.327. The second-order valence-electron chi connectivity index (χ2n) is 4.55. The Hall–Kier alpha value is -1.14. The van der Waals surface area contributed by atoms with E-state index in [2.05, 4.69) is 0 Å². The Balaban J connectivity index is 3.32. The van der Waals surface area contributed by atoms with E-state index in [0.29, 0.717) is 25.9 Å². The maximum Gasteiger partial charge on any atom is 0.246 e. The molecule has 0 unspecified atom stereocenters. The fraction of sp³-hybridized carbons (Fsp3) is 0.538. The minimum atomic E-state index is -3.82. The first kappa shape index (κ1) is 15.9. The largest absolute Gasteiger partial charge is 0.399 e. The SMILES string of the molecule is CCCN(CCC)S(=O)(=O)c1cc(N)cc(C)c1F. The third-order valence-electron chi connectivity index (χ3n) is 2.81. The van der Waals surface area contributed by atoms with E-state index >= 15 is 0 Å². The van der Waals surface area contributed by atoms with Crippen LogP contribution in [0.25, 0.3) is 0 Å². The molecule has 19 heavy (non-hydrogen) atoms. The van der Waals surface area contributed by atoms with Crippen molar-refractivity contribution in [3.05, 3.63) is 23.5 Å². The number of hydrogen-bond acceptors (Lipinski definition) is 3. The number of rotatable bonds is 6. The monoisotopic (exact) mass is 288 g/mol. The van der Waals surface area contributed by atoms with Gasteiger partial charge in [0, 0.05) is 18.8 Å². The highest BCUT2D eigenvalue weighted by Crippen LogP contribution is 2.25. The molecule has 0 atom stereocenters. The Labute approximate surface area is 114 Å².